The summed E-state index contributed by atoms with van der Waals surface area (Å²) >= 11 is 15.0. The van der Waals surface area contributed by atoms with Gasteiger partial charge in [0.1, 0.15) is 0 Å². The Morgan fingerprint density at radius 2 is 1.86 bits per heavy atom. The minimum absolute atomic E-state index is 0.114. The van der Waals surface area contributed by atoms with Crippen molar-refractivity contribution in [2.45, 2.75) is 0 Å². The van der Waals surface area contributed by atoms with Gasteiger partial charge in [0.15, 0.2) is 6.61 Å². The lowest BCUT2D eigenvalue weighted by atomic mass is 10.2. The van der Waals surface area contributed by atoms with Crippen molar-refractivity contribution in [1.29, 1.82) is 0 Å². The van der Waals surface area contributed by atoms with E-state index in [1.54, 1.807) is 24.3 Å². The smallest absolute Gasteiger partial charge is 0.340 e. The number of carbonyl (C=O) groups is 2. The van der Waals surface area contributed by atoms with E-state index in [9.17, 15) is 9.59 Å². The number of carbonyl (C=O) groups excluding carboxylic acids is 2. The molecule has 22 heavy (non-hydrogen) atoms. The average Bonchev–Trinajstić information content (AvgIpc) is 2.49. The van der Waals surface area contributed by atoms with Gasteiger partial charge in [-0.2, -0.15) is 0 Å². The van der Waals surface area contributed by atoms with Gasteiger partial charge in [0, 0.05) is 9.50 Å². The number of rotatable bonds is 4. The highest BCUT2D eigenvalue weighted by Gasteiger charge is 2.14. The molecule has 0 spiro atoms. The van der Waals surface area contributed by atoms with Crippen LogP contribution in [0.25, 0.3) is 0 Å². The molecule has 2 rings (SSSR count). The van der Waals surface area contributed by atoms with Gasteiger partial charge in [0.05, 0.1) is 16.3 Å². The Hall–Kier alpha value is -1.56. The molecule has 0 saturated carbocycles. The first-order chi connectivity index (χ1) is 10.5. The van der Waals surface area contributed by atoms with E-state index in [1.807, 2.05) is 6.07 Å². The van der Waals surface area contributed by atoms with Crippen LogP contribution in [0.15, 0.2) is 46.9 Å². The highest BCUT2D eigenvalue weighted by Crippen LogP contribution is 2.22. The third-order valence-corrected chi connectivity index (χ3v) is 3.89. The van der Waals surface area contributed by atoms with Crippen LogP contribution in [-0.2, 0) is 9.53 Å². The summed E-state index contributed by atoms with van der Waals surface area (Å²) in [7, 11) is 0. The fourth-order valence-electron chi connectivity index (χ4n) is 1.61. The minimum Gasteiger partial charge on any atom is -0.452 e. The predicted molar refractivity (Wildman–Crippen MR) is 89.5 cm³/mol. The molecule has 114 valence electrons. The van der Waals surface area contributed by atoms with E-state index in [0.29, 0.717) is 10.7 Å². The topological polar surface area (TPSA) is 55.4 Å². The van der Waals surface area contributed by atoms with Crippen molar-refractivity contribution in [3.8, 4) is 0 Å². The van der Waals surface area contributed by atoms with Crippen molar-refractivity contribution >= 4 is 56.7 Å². The van der Waals surface area contributed by atoms with Gasteiger partial charge >= 0.3 is 5.97 Å². The van der Waals surface area contributed by atoms with E-state index in [0.717, 1.165) is 4.47 Å². The largest absolute Gasteiger partial charge is 0.452 e. The molecule has 0 radical (unpaired) electrons. The van der Waals surface area contributed by atoms with E-state index < -0.39 is 18.5 Å². The Balaban J connectivity index is 1.95. The van der Waals surface area contributed by atoms with Crippen LogP contribution in [0, 0.1) is 0 Å². The molecule has 0 aliphatic carbocycles. The molecule has 0 aliphatic rings. The predicted octanol–water partition coefficient (Wildman–Crippen LogP) is 4.55. The molecule has 1 amide bonds. The second kappa shape index (κ2) is 7.63. The molecule has 0 fully saturated rings. The maximum absolute atomic E-state index is 11.9. The summed E-state index contributed by atoms with van der Waals surface area (Å²) in [5.41, 5.74) is 0.701. The summed E-state index contributed by atoms with van der Waals surface area (Å²) in [6.45, 7) is -0.428. The van der Waals surface area contributed by atoms with E-state index in [4.69, 9.17) is 27.9 Å². The third-order valence-electron chi connectivity index (χ3n) is 2.63. The second-order valence-corrected chi connectivity index (χ2v) is 5.93. The van der Waals surface area contributed by atoms with Gasteiger partial charge in [-0.1, -0.05) is 35.3 Å². The van der Waals surface area contributed by atoms with Crippen molar-refractivity contribution in [2.24, 2.45) is 0 Å². The quantitative estimate of drug-likeness (QED) is 0.763. The van der Waals surface area contributed by atoms with Gasteiger partial charge in [0.2, 0.25) is 0 Å². The number of esters is 1. The van der Waals surface area contributed by atoms with Gasteiger partial charge < -0.3 is 10.1 Å². The first-order valence-electron chi connectivity index (χ1n) is 6.14. The number of nitrogens with one attached hydrogen (secondary N) is 1. The highest BCUT2D eigenvalue weighted by atomic mass is 79.9. The van der Waals surface area contributed by atoms with Crippen LogP contribution in [0.4, 0.5) is 5.69 Å². The van der Waals surface area contributed by atoms with Gasteiger partial charge in [-0.25, -0.2) is 4.79 Å². The fraction of sp³-hybridized carbons (Fsp3) is 0.0667. The first kappa shape index (κ1) is 16.8. The molecule has 1 N–H and O–H groups in total. The monoisotopic (exact) mass is 401 g/mol. The number of hydrogen-bond acceptors (Lipinski definition) is 3. The zero-order valence-corrected chi connectivity index (χ0v) is 14.2. The van der Waals surface area contributed by atoms with Crippen molar-refractivity contribution in [3.63, 3.8) is 0 Å². The number of para-hydroxylation sites is 1. The third kappa shape index (κ3) is 4.47. The first-order valence-corrected chi connectivity index (χ1v) is 7.69. The lowest BCUT2D eigenvalue weighted by Crippen LogP contribution is -2.21. The lowest BCUT2D eigenvalue weighted by Gasteiger charge is -2.08. The number of amides is 1. The Morgan fingerprint density at radius 1 is 1.14 bits per heavy atom. The number of benzene rings is 2. The van der Waals surface area contributed by atoms with Crippen LogP contribution in [0.5, 0.6) is 0 Å². The maximum atomic E-state index is 11.9. The maximum Gasteiger partial charge on any atom is 0.340 e. The molecule has 7 heteroatoms. The van der Waals surface area contributed by atoms with Gasteiger partial charge in [-0.05, 0) is 46.3 Å². The van der Waals surface area contributed by atoms with E-state index in [1.165, 1.54) is 12.1 Å². The molecule has 0 bridgehead atoms. The van der Waals surface area contributed by atoms with Crippen LogP contribution in [0.2, 0.25) is 10.0 Å². The molecule has 0 atom stereocenters. The van der Waals surface area contributed by atoms with Crippen molar-refractivity contribution in [2.75, 3.05) is 11.9 Å². The van der Waals surface area contributed by atoms with Gasteiger partial charge in [-0.15, -0.1) is 0 Å². The molecule has 0 aromatic heterocycles. The summed E-state index contributed by atoms with van der Waals surface area (Å²) in [5.74, 6) is -1.17. The van der Waals surface area contributed by atoms with Crippen LogP contribution >= 0.6 is 39.1 Å². The number of anilines is 1. The lowest BCUT2D eigenvalue weighted by molar-refractivity contribution is -0.119. The summed E-state index contributed by atoms with van der Waals surface area (Å²) in [6, 6.07) is 11.5. The van der Waals surface area contributed by atoms with Crippen LogP contribution in [0.3, 0.4) is 0 Å². The molecule has 0 saturated heterocycles. The summed E-state index contributed by atoms with van der Waals surface area (Å²) < 4.78 is 5.66. The standard InChI is InChI=1S/C15H10BrCl2NO3/c16-11-3-1-2-4-13(11)19-14(20)8-22-15(21)10-7-9(17)5-6-12(10)18/h1-7H,8H2,(H,19,20). The van der Waals surface area contributed by atoms with Gasteiger partial charge in [0.25, 0.3) is 5.91 Å². The molecule has 4 nitrogen and oxygen atoms in total. The number of hydrogen-bond donors (Lipinski definition) is 1. The number of halogens is 3. The van der Waals surface area contributed by atoms with Crippen molar-refractivity contribution < 1.29 is 14.3 Å². The van der Waals surface area contributed by atoms with E-state index >= 15 is 0 Å². The van der Waals surface area contributed by atoms with Crippen molar-refractivity contribution in [3.05, 3.63) is 62.5 Å². The fourth-order valence-corrected chi connectivity index (χ4v) is 2.36. The minimum atomic E-state index is -0.713. The Bertz CT molecular complexity index is 722. The number of ether oxygens (including phenoxy) is 1. The molecule has 0 aliphatic heterocycles. The van der Waals surface area contributed by atoms with Crippen molar-refractivity contribution in [1.82, 2.24) is 0 Å². The van der Waals surface area contributed by atoms with E-state index in [-0.39, 0.29) is 10.6 Å². The van der Waals surface area contributed by atoms with E-state index in [2.05, 4.69) is 21.2 Å². The van der Waals surface area contributed by atoms with Crippen LogP contribution < -0.4 is 5.32 Å². The zero-order chi connectivity index (χ0) is 16.1. The highest BCUT2D eigenvalue weighted by molar-refractivity contribution is 9.10. The van der Waals surface area contributed by atoms with Crippen LogP contribution in [0.1, 0.15) is 10.4 Å². The Morgan fingerprint density at radius 3 is 2.59 bits per heavy atom. The SMILES string of the molecule is O=C(COC(=O)c1cc(Cl)ccc1Cl)Nc1ccccc1Br. The summed E-state index contributed by atoms with van der Waals surface area (Å²) in [6.07, 6.45) is 0. The van der Waals surface area contributed by atoms with Crippen LogP contribution in [-0.4, -0.2) is 18.5 Å². The summed E-state index contributed by atoms with van der Waals surface area (Å²) in [4.78, 5) is 23.7. The molecule has 0 unspecified atom stereocenters. The molecule has 0 heterocycles. The second-order valence-electron chi connectivity index (χ2n) is 4.23. The Labute approximate surface area is 145 Å². The molecule has 2 aromatic rings. The summed E-state index contributed by atoms with van der Waals surface area (Å²) in [5, 5.41) is 3.19. The molecular weight excluding hydrogens is 393 g/mol. The molecular formula is C15H10BrCl2NO3. The van der Waals surface area contributed by atoms with Gasteiger partial charge in [-0.3, -0.25) is 4.79 Å². The zero-order valence-electron chi connectivity index (χ0n) is 11.1. The average molecular weight is 403 g/mol. The normalized spacial score (nSPS) is 10.1. The Kier molecular flexibility index (Phi) is 5.83. The molecule has 2 aromatic carbocycles.